The maximum Gasteiger partial charge on any atom is 0.324 e. The van der Waals surface area contributed by atoms with Gasteiger partial charge in [-0.2, -0.15) is 5.10 Å². The molecular weight excluding hydrogens is 366 g/mol. The zero-order valence-electron chi connectivity index (χ0n) is 15.3. The molecule has 1 aliphatic carbocycles. The average Bonchev–Trinajstić information content (AvgIpc) is 3.09. The monoisotopic (exact) mass is 391 g/mol. The summed E-state index contributed by atoms with van der Waals surface area (Å²) in [5, 5.41) is 12.4. The first-order valence-electron chi connectivity index (χ1n) is 9.12. The lowest BCUT2D eigenvalue weighted by Crippen LogP contribution is -2.21. The van der Waals surface area contributed by atoms with E-state index in [0.717, 1.165) is 12.1 Å². The molecule has 146 valence electrons. The van der Waals surface area contributed by atoms with Crippen LogP contribution in [0.25, 0.3) is 0 Å². The fourth-order valence-corrected chi connectivity index (χ4v) is 4.15. The van der Waals surface area contributed by atoms with Crippen LogP contribution in [0.1, 0.15) is 37.8 Å². The van der Waals surface area contributed by atoms with Gasteiger partial charge in [0.05, 0.1) is 4.90 Å². The van der Waals surface area contributed by atoms with E-state index in [4.69, 9.17) is 0 Å². The van der Waals surface area contributed by atoms with Crippen molar-refractivity contribution in [1.29, 1.82) is 0 Å². The van der Waals surface area contributed by atoms with Crippen LogP contribution in [0.2, 0.25) is 0 Å². The maximum absolute atomic E-state index is 12.2. The summed E-state index contributed by atoms with van der Waals surface area (Å²) in [6, 6.07) is 7.40. The van der Waals surface area contributed by atoms with Crippen molar-refractivity contribution in [2.45, 2.75) is 43.4 Å². The molecule has 3 rings (SSSR count). The third-order valence-corrected chi connectivity index (χ3v) is 6.19. The highest BCUT2D eigenvalue weighted by atomic mass is 32.2. The van der Waals surface area contributed by atoms with Gasteiger partial charge in [0.25, 0.3) is 0 Å². The van der Waals surface area contributed by atoms with E-state index in [9.17, 15) is 13.2 Å². The standard InChI is InChI=1S/C18H25N5O3S/c1-19-27(25,26)16-9-5-8-14(11-16)20-18(24)21-17-12-15(22-23-17)10-13-6-3-2-4-7-13/h5,8-9,11-13,19H,2-4,6-7,10H2,1H3,(H3,20,21,22,23,24). The number of urea groups is 1. The minimum absolute atomic E-state index is 0.0809. The number of carbonyl (C=O) groups excluding carboxylic acids is 1. The number of nitrogens with zero attached hydrogens (tertiary/aromatic N) is 1. The molecule has 9 heteroatoms. The quantitative estimate of drug-likeness (QED) is 0.605. The van der Waals surface area contributed by atoms with E-state index in [0.29, 0.717) is 17.4 Å². The number of nitrogens with one attached hydrogen (secondary N) is 4. The van der Waals surface area contributed by atoms with Gasteiger partial charge in [0, 0.05) is 17.4 Å². The topological polar surface area (TPSA) is 116 Å². The van der Waals surface area contributed by atoms with Crippen molar-refractivity contribution in [1.82, 2.24) is 14.9 Å². The van der Waals surface area contributed by atoms with Gasteiger partial charge in [-0.1, -0.05) is 38.2 Å². The Morgan fingerprint density at radius 2 is 1.96 bits per heavy atom. The van der Waals surface area contributed by atoms with Gasteiger partial charge >= 0.3 is 6.03 Å². The van der Waals surface area contributed by atoms with Gasteiger partial charge in [-0.3, -0.25) is 10.4 Å². The first-order chi connectivity index (χ1) is 13.0. The zero-order valence-corrected chi connectivity index (χ0v) is 16.1. The first-order valence-corrected chi connectivity index (χ1v) is 10.6. The Morgan fingerprint density at radius 3 is 2.70 bits per heavy atom. The Bertz CT molecular complexity index is 888. The molecule has 4 N–H and O–H groups in total. The van der Waals surface area contributed by atoms with Crippen molar-refractivity contribution in [3.05, 3.63) is 36.0 Å². The molecule has 0 radical (unpaired) electrons. The van der Waals surface area contributed by atoms with Crippen LogP contribution in [0.5, 0.6) is 0 Å². The van der Waals surface area contributed by atoms with E-state index in [1.807, 2.05) is 6.07 Å². The van der Waals surface area contributed by atoms with Gasteiger partial charge < -0.3 is 5.32 Å². The van der Waals surface area contributed by atoms with Gasteiger partial charge in [-0.05, 0) is 37.6 Å². The molecule has 1 aromatic heterocycles. The second-order valence-electron chi connectivity index (χ2n) is 6.80. The largest absolute Gasteiger partial charge is 0.324 e. The highest BCUT2D eigenvalue weighted by Gasteiger charge is 2.16. The Kier molecular flexibility index (Phi) is 6.12. The average molecular weight is 391 g/mol. The number of H-pyrrole nitrogens is 1. The third kappa shape index (κ3) is 5.30. The highest BCUT2D eigenvalue weighted by molar-refractivity contribution is 7.89. The Hall–Kier alpha value is -2.39. The normalized spacial score (nSPS) is 15.4. The SMILES string of the molecule is CNS(=O)(=O)c1cccc(NC(=O)Nc2cc(CC3CCCCC3)[nH]n2)c1. The van der Waals surface area contributed by atoms with E-state index in [2.05, 4.69) is 25.6 Å². The fourth-order valence-electron chi connectivity index (χ4n) is 3.37. The van der Waals surface area contributed by atoms with Crippen molar-refractivity contribution in [2.75, 3.05) is 17.7 Å². The second-order valence-corrected chi connectivity index (χ2v) is 8.69. The summed E-state index contributed by atoms with van der Waals surface area (Å²) < 4.78 is 25.9. The predicted molar refractivity (Wildman–Crippen MR) is 104 cm³/mol. The van der Waals surface area contributed by atoms with E-state index >= 15 is 0 Å². The van der Waals surface area contributed by atoms with Gasteiger partial charge in [0.15, 0.2) is 5.82 Å². The summed E-state index contributed by atoms with van der Waals surface area (Å²) >= 11 is 0. The number of carbonyl (C=O) groups is 1. The molecule has 0 saturated heterocycles. The lowest BCUT2D eigenvalue weighted by molar-refractivity contribution is 0.262. The Morgan fingerprint density at radius 1 is 1.19 bits per heavy atom. The number of anilines is 2. The van der Waals surface area contributed by atoms with Crippen LogP contribution in [0.3, 0.4) is 0 Å². The smallest absolute Gasteiger partial charge is 0.308 e. The van der Waals surface area contributed by atoms with Crippen molar-refractivity contribution in [3.63, 3.8) is 0 Å². The van der Waals surface area contributed by atoms with Crippen LogP contribution in [-0.4, -0.2) is 31.7 Å². The number of aromatic amines is 1. The molecule has 1 heterocycles. The number of hydrogen-bond acceptors (Lipinski definition) is 4. The lowest BCUT2D eigenvalue weighted by atomic mass is 9.86. The Balaban J connectivity index is 1.57. The van der Waals surface area contributed by atoms with Crippen LogP contribution in [0, 0.1) is 5.92 Å². The molecule has 0 spiro atoms. The number of benzene rings is 1. The molecule has 0 aliphatic heterocycles. The molecule has 0 unspecified atom stereocenters. The fraction of sp³-hybridized carbons (Fsp3) is 0.444. The molecule has 27 heavy (non-hydrogen) atoms. The van der Waals surface area contributed by atoms with Crippen molar-refractivity contribution in [2.24, 2.45) is 5.92 Å². The number of sulfonamides is 1. The highest BCUT2D eigenvalue weighted by Crippen LogP contribution is 2.26. The number of hydrogen-bond donors (Lipinski definition) is 4. The second kappa shape index (κ2) is 8.53. The Labute approximate surface area is 159 Å². The molecule has 1 aliphatic rings. The third-order valence-electron chi connectivity index (χ3n) is 4.78. The first kappa shape index (κ1) is 19.4. The van der Waals surface area contributed by atoms with E-state index in [-0.39, 0.29) is 4.90 Å². The van der Waals surface area contributed by atoms with Gasteiger partial charge in [0.2, 0.25) is 10.0 Å². The molecule has 8 nitrogen and oxygen atoms in total. The van der Waals surface area contributed by atoms with Crippen LogP contribution in [0.4, 0.5) is 16.3 Å². The molecule has 0 atom stereocenters. The summed E-state index contributed by atoms with van der Waals surface area (Å²) in [6.45, 7) is 0. The lowest BCUT2D eigenvalue weighted by Gasteiger charge is -2.20. The van der Waals surface area contributed by atoms with Crippen LogP contribution in [-0.2, 0) is 16.4 Å². The maximum atomic E-state index is 12.2. The molecular formula is C18H25N5O3S. The van der Waals surface area contributed by atoms with Crippen molar-refractivity contribution < 1.29 is 13.2 Å². The van der Waals surface area contributed by atoms with Crippen molar-refractivity contribution >= 4 is 27.6 Å². The van der Waals surface area contributed by atoms with Crippen molar-refractivity contribution in [3.8, 4) is 0 Å². The summed E-state index contributed by atoms with van der Waals surface area (Å²) in [6.07, 6.45) is 7.33. The summed E-state index contributed by atoms with van der Waals surface area (Å²) in [5.41, 5.74) is 1.39. The van der Waals surface area contributed by atoms with Crippen LogP contribution in [0.15, 0.2) is 35.2 Å². The number of rotatable bonds is 6. The van der Waals surface area contributed by atoms with Gasteiger partial charge in [-0.25, -0.2) is 17.9 Å². The molecule has 1 aromatic carbocycles. The zero-order chi connectivity index (χ0) is 19.3. The molecule has 1 saturated carbocycles. The molecule has 2 aromatic rings. The number of amides is 2. The van der Waals surface area contributed by atoms with Gasteiger partial charge in [-0.15, -0.1) is 0 Å². The molecule has 2 amide bonds. The van der Waals surface area contributed by atoms with E-state index in [1.165, 1.54) is 51.3 Å². The van der Waals surface area contributed by atoms with Crippen LogP contribution < -0.4 is 15.4 Å². The van der Waals surface area contributed by atoms with E-state index < -0.39 is 16.1 Å². The van der Waals surface area contributed by atoms with E-state index in [1.54, 1.807) is 12.1 Å². The summed E-state index contributed by atoms with van der Waals surface area (Å²) in [7, 11) is -2.23. The minimum atomic E-state index is -3.57. The summed E-state index contributed by atoms with van der Waals surface area (Å²) in [4.78, 5) is 12.3. The number of aromatic nitrogens is 2. The van der Waals surface area contributed by atoms with Gasteiger partial charge in [0.1, 0.15) is 0 Å². The minimum Gasteiger partial charge on any atom is -0.308 e. The predicted octanol–water partition coefficient (Wildman–Crippen LogP) is 3.08. The van der Waals surface area contributed by atoms with Crippen LogP contribution >= 0.6 is 0 Å². The molecule has 1 fully saturated rings. The summed E-state index contributed by atoms with van der Waals surface area (Å²) in [5.74, 6) is 1.12. The molecule has 0 bridgehead atoms.